The Balaban J connectivity index is 1.33. The molecule has 0 bridgehead atoms. The summed E-state index contributed by atoms with van der Waals surface area (Å²) < 4.78 is 13.2. The van der Waals surface area contributed by atoms with Crippen LogP contribution in [0.5, 0.6) is 11.5 Å². The van der Waals surface area contributed by atoms with Crippen LogP contribution in [0, 0.1) is 0 Å². The minimum Gasteiger partial charge on any atom is -0.456 e. The molecule has 5 heteroatoms. The number of benzene rings is 4. The fraction of sp³-hybridized carbons (Fsp3) is 0.405. The van der Waals surface area contributed by atoms with Gasteiger partial charge in [0, 0.05) is 52.9 Å². The van der Waals surface area contributed by atoms with E-state index in [0.29, 0.717) is 11.3 Å². The van der Waals surface area contributed by atoms with Crippen LogP contribution in [-0.2, 0) is 10.3 Å². The molecule has 0 amide bonds. The first-order valence-corrected chi connectivity index (χ1v) is 18.0. The lowest BCUT2D eigenvalue weighted by molar-refractivity contribution is 0.0224. The SMILES string of the molecule is CCCCCCCCN(CCCCCCCC)c1ccc2c(c1)Oc1ccc(Nc3ccccc3)cc1C21OC(=O)c2ccccc21. The van der Waals surface area contributed by atoms with Gasteiger partial charge in [-0.2, -0.15) is 0 Å². The highest BCUT2D eigenvalue weighted by Gasteiger charge is 2.53. The number of hydrogen-bond acceptors (Lipinski definition) is 5. The van der Waals surface area contributed by atoms with Crippen LogP contribution >= 0.6 is 0 Å². The summed E-state index contributed by atoms with van der Waals surface area (Å²) in [6.45, 7) is 6.62. The van der Waals surface area contributed by atoms with E-state index in [1.165, 1.54) is 82.7 Å². The van der Waals surface area contributed by atoms with Crippen molar-refractivity contribution in [2.45, 2.75) is 96.5 Å². The number of anilines is 3. The third-order valence-corrected chi connectivity index (χ3v) is 9.69. The molecule has 0 fully saturated rings. The number of nitrogens with zero attached hydrogens (tertiary/aromatic N) is 1. The summed E-state index contributed by atoms with van der Waals surface area (Å²) in [7, 11) is 0. The molecule has 1 spiro atoms. The standard InChI is InChI=1S/C42H50N2O3/c1-3-5-7-9-11-18-28-44(29-19-12-10-8-6-4-2)34-25-26-37-40(31-34)46-39-27-24-33(43-32-20-14-13-15-21-32)30-38(39)42(37)36-23-17-16-22-35(36)41(45)47-42/h13-17,20-27,30-31,43H,3-12,18-19,28-29H2,1-2H3. The maximum absolute atomic E-state index is 13.4. The van der Waals surface area contributed by atoms with E-state index in [9.17, 15) is 4.79 Å². The highest BCUT2D eigenvalue weighted by atomic mass is 16.6. The van der Waals surface area contributed by atoms with Crippen molar-refractivity contribution >= 4 is 23.0 Å². The van der Waals surface area contributed by atoms with E-state index in [1.807, 2.05) is 66.7 Å². The summed E-state index contributed by atoms with van der Waals surface area (Å²) in [4.78, 5) is 16.0. The molecule has 1 atom stereocenters. The number of unbranched alkanes of at least 4 members (excludes halogenated alkanes) is 10. The van der Waals surface area contributed by atoms with Gasteiger partial charge in [0.05, 0.1) is 5.56 Å². The van der Waals surface area contributed by atoms with Crippen molar-refractivity contribution in [3.63, 3.8) is 0 Å². The number of hydrogen-bond donors (Lipinski definition) is 1. The molecule has 4 aromatic carbocycles. The van der Waals surface area contributed by atoms with Crippen LogP contribution in [0.4, 0.5) is 17.1 Å². The van der Waals surface area contributed by atoms with Crippen molar-refractivity contribution in [1.82, 2.24) is 0 Å². The monoisotopic (exact) mass is 630 g/mol. The van der Waals surface area contributed by atoms with Crippen LogP contribution in [0.25, 0.3) is 0 Å². The van der Waals surface area contributed by atoms with Crippen molar-refractivity contribution < 1.29 is 14.3 Å². The molecule has 4 aromatic rings. The number of ether oxygens (including phenoxy) is 2. The second kappa shape index (κ2) is 15.6. The average Bonchev–Trinajstić information content (AvgIpc) is 3.40. The third kappa shape index (κ3) is 7.20. The van der Waals surface area contributed by atoms with Gasteiger partial charge in [-0.15, -0.1) is 0 Å². The van der Waals surface area contributed by atoms with Crippen LogP contribution in [0.15, 0.2) is 91.0 Å². The quantitative estimate of drug-likeness (QED) is 0.0929. The Hall–Kier alpha value is -4.25. The zero-order valence-electron chi connectivity index (χ0n) is 28.2. The van der Waals surface area contributed by atoms with Crippen LogP contribution in [0.1, 0.15) is 118 Å². The zero-order valence-corrected chi connectivity index (χ0v) is 28.2. The van der Waals surface area contributed by atoms with E-state index < -0.39 is 5.60 Å². The van der Waals surface area contributed by atoms with E-state index in [-0.39, 0.29) is 5.97 Å². The topological polar surface area (TPSA) is 50.8 Å². The molecule has 0 aromatic heterocycles. The first-order chi connectivity index (χ1) is 23.1. The average molecular weight is 631 g/mol. The molecule has 1 unspecified atom stereocenters. The number of esters is 1. The smallest absolute Gasteiger partial charge is 0.340 e. The van der Waals surface area contributed by atoms with Gasteiger partial charge in [0.1, 0.15) is 11.5 Å². The maximum atomic E-state index is 13.4. The summed E-state index contributed by atoms with van der Waals surface area (Å²) in [6, 6.07) is 30.5. The second-order valence-electron chi connectivity index (χ2n) is 13.1. The van der Waals surface area contributed by atoms with Gasteiger partial charge in [-0.3, -0.25) is 0 Å². The Labute approximate surface area is 281 Å². The lowest BCUT2D eigenvalue weighted by Crippen LogP contribution is -2.33. The molecule has 2 aliphatic rings. The fourth-order valence-corrected chi connectivity index (χ4v) is 7.16. The fourth-order valence-electron chi connectivity index (χ4n) is 7.16. The highest BCUT2D eigenvalue weighted by Crippen LogP contribution is 2.57. The molecule has 246 valence electrons. The second-order valence-corrected chi connectivity index (χ2v) is 13.1. The molecule has 6 rings (SSSR count). The Morgan fingerprint density at radius 1 is 0.596 bits per heavy atom. The number of carbonyl (C=O) groups is 1. The van der Waals surface area contributed by atoms with Crippen molar-refractivity contribution in [3.05, 3.63) is 113 Å². The van der Waals surface area contributed by atoms with Crippen molar-refractivity contribution in [2.75, 3.05) is 23.3 Å². The van der Waals surface area contributed by atoms with Gasteiger partial charge in [-0.25, -0.2) is 4.79 Å². The first kappa shape index (κ1) is 32.7. The van der Waals surface area contributed by atoms with Crippen LogP contribution in [-0.4, -0.2) is 19.1 Å². The van der Waals surface area contributed by atoms with E-state index >= 15 is 0 Å². The van der Waals surface area contributed by atoms with Crippen LogP contribution in [0.3, 0.4) is 0 Å². The predicted molar refractivity (Wildman–Crippen MR) is 193 cm³/mol. The van der Waals surface area contributed by atoms with Gasteiger partial charge in [-0.05, 0) is 61.4 Å². The molecule has 0 radical (unpaired) electrons. The Bertz CT molecular complexity index is 1620. The molecule has 0 aliphatic carbocycles. The largest absolute Gasteiger partial charge is 0.456 e. The van der Waals surface area contributed by atoms with Crippen molar-refractivity contribution in [3.8, 4) is 11.5 Å². The number of fused-ring (bicyclic) bond motifs is 6. The first-order valence-electron chi connectivity index (χ1n) is 18.0. The van der Waals surface area contributed by atoms with Crippen molar-refractivity contribution in [1.29, 1.82) is 0 Å². The lowest BCUT2D eigenvalue weighted by atomic mass is 9.77. The summed E-state index contributed by atoms with van der Waals surface area (Å²) in [5.41, 5.74) is 5.12. The lowest BCUT2D eigenvalue weighted by Gasteiger charge is -2.37. The normalized spacial score (nSPS) is 15.8. The summed E-state index contributed by atoms with van der Waals surface area (Å²) in [5, 5.41) is 3.51. The zero-order chi connectivity index (χ0) is 32.5. The van der Waals surface area contributed by atoms with Crippen LogP contribution in [0.2, 0.25) is 0 Å². The molecule has 5 nitrogen and oxygen atoms in total. The Morgan fingerprint density at radius 3 is 1.98 bits per heavy atom. The molecule has 47 heavy (non-hydrogen) atoms. The molecule has 2 aliphatic heterocycles. The van der Waals surface area contributed by atoms with E-state index in [1.54, 1.807) is 0 Å². The molecule has 2 heterocycles. The van der Waals surface area contributed by atoms with E-state index in [0.717, 1.165) is 46.9 Å². The summed E-state index contributed by atoms with van der Waals surface area (Å²) >= 11 is 0. The summed E-state index contributed by atoms with van der Waals surface area (Å²) in [5.74, 6) is 1.15. The predicted octanol–water partition coefficient (Wildman–Crippen LogP) is 11.5. The summed E-state index contributed by atoms with van der Waals surface area (Å²) in [6.07, 6.45) is 15.3. The Morgan fingerprint density at radius 2 is 1.26 bits per heavy atom. The number of nitrogens with one attached hydrogen (secondary N) is 1. The number of carbonyl (C=O) groups excluding carboxylic acids is 1. The van der Waals surface area contributed by atoms with Crippen LogP contribution < -0.4 is 15.0 Å². The number of para-hydroxylation sites is 1. The van der Waals surface area contributed by atoms with Gasteiger partial charge in [0.25, 0.3) is 0 Å². The van der Waals surface area contributed by atoms with E-state index in [4.69, 9.17) is 9.47 Å². The molecular formula is C42H50N2O3. The molecule has 0 saturated heterocycles. The van der Waals surface area contributed by atoms with Gasteiger partial charge in [0.2, 0.25) is 0 Å². The van der Waals surface area contributed by atoms with Gasteiger partial charge >= 0.3 is 5.97 Å². The van der Waals surface area contributed by atoms with Gasteiger partial charge in [-0.1, -0.05) is 114 Å². The molecular weight excluding hydrogens is 580 g/mol. The highest BCUT2D eigenvalue weighted by molar-refractivity contribution is 5.97. The minimum absolute atomic E-state index is 0.308. The minimum atomic E-state index is -1.09. The van der Waals surface area contributed by atoms with Gasteiger partial charge < -0.3 is 19.7 Å². The molecule has 0 saturated carbocycles. The third-order valence-electron chi connectivity index (χ3n) is 9.69. The maximum Gasteiger partial charge on any atom is 0.340 e. The van der Waals surface area contributed by atoms with E-state index in [2.05, 4.69) is 48.3 Å². The van der Waals surface area contributed by atoms with Crippen molar-refractivity contribution in [2.24, 2.45) is 0 Å². The van der Waals surface area contributed by atoms with Gasteiger partial charge in [0.15, 0.2) is 5.60 Å². The number of rotatable bonds is 17. The Kier molecular flexibility index (Phi) is 10.8. The molecule has 1 N–H and O–H groups in total.